The lowest BCUT2D eigenvalue weighted by molar-refractivity contribution is -0.144. The number of esters is 1. The summed E-state index contributed by atoms with van der Waals surface area (Å²) in [7, 11) is 0. The Morgan fingerprint density at radius 3 is 3.00 bits per heavy atom. The first kappa shape index (κ1) is 11.2. The summed E-state index contributed by atoms with van der Waals surface area (Å²) >= 11 is 3.30. The summed E-state index contributed by atoms with van der Waals surface area (Å²) in [5.41, 5.74) is 0.853. The molecule has 0 saturated heterocycles. The van der Waals surface area contributed by atoms with E-state index in [1.807, 2.05) is 6.07 Å². The Hall–Kier alpha value is -0.900. The molecule has 0 fully saturated rings. The first-order valence-corrected chi connectivity index (χ1v) is 5.23. The number of hydrogen-bond acceptors (Lipinski definition) is 3. The molecule has 1 rings (SSSR count). The second-order valence-corrected chi connectivity index (χ2v) is 3.61. The summed E-state index contributed by atoms with van der Waals surface area (Å²) in [6.45, 7) is 4.00. The highest BCUT2D eigenvalue weighted by atomic mass is 79.9. The van der Waals surface area contributed by atoms with E-state index in [1.54, 1.807) is 26.1 Å². The molecule has 1 aromatic rings. The molecule has 0 radical (unpaired) electrons. The van der Waals surface area contributed by atoms with Gasteiger partial charge in [-0.15, -0.1) is 0 Å². The fourth-order valence-electron chi connectivity index (χ4n) is 1.12. The lowest BCUT2D eigenvalue weighted by Gasteiger charge is -2.11. The molecule has 0 spiro atoms. The third kappa shape index (κ3) is 2.54. The van der Waals surface area contributed by atoms with Crippen molar-refractivity contribution in [3.05, 3.63) is 28.5 Å². The second kappa shape index (κ2) is 5.10. The van der Waals surface area contributed by atoms with Crippen LogP contribution in [0.15, 0.2) is 22.9 Å². The van der Waals surface area contributed by atoms with Gasteiger partial charge in [0.25, 0.3) is 0 Å². The topological polar surface area (TPSA) is 39.2 Å². The minimum absolute atomic E-state index is 0.221. The lowest BCUT2D eigenvalue weighted by Crippen LogP contribution is -2.13. The van der Waals surface area contributed by atoms with Gasteiger partial charge in [-0.1, -0.05) is 6.07 Å². The van der Waals surface area contributed by atoms with Crippen LogP contribution in [-0.2, 0) is 9.53 Å². The summed E-state index contributed by atoms with van der Waals surface area (Å²) < 4.78 is 5.62. The molecule has 14 heavy (non-hydrogen) atoms. The summed E-state index contributed by atoms with van der Waals surface area (Å²) in [5, 5.41) is 0. The Bertz CT molecular complexity index is 328. The second-order valence-electron chi connectivity index (χ2n) is 2.86. The number of pyridine rings is 1. The van der Waals surface area contributed by atoms with Crippen molar-refractivity contribution in [3.63, 3.8) is 0 Å². The standard InChI is InChI=1S/C10H12BrNO2/c1-3-14-10(13)7(2)8-5-4-6-12-9(8)11/h4-7H,3H2,1-2H3. The zero-order valence-corrected chi connectivity index (χ0v) is 9.74. The normalized spacial score (nSPS) is 12.2. The maximum Gasteiger partial charge on any atom is 0.313 e. The SMILES string of the molecule is CCOC(=O)C(C)c1cccnc1Br. The molecule has 0 aromatic carbocycles. The van der Waals surface area contributed by atoms with E-state index in [0.717, 1.165) is 5.56 Å². The molecular formula is C10H12BrNO2. The van der Waals surface area contributed by atoms with Crippen LogP contribution >= 0.6 is 15.9 Å². The van der Waals surface area contributed by atoms with Crippen LogP contribution in [-0.4, -0.2) is 17.6 Å². The molecule has 0 aliphatic heterocycles. The summed E-state index contributed by atoms with van der Waals surface area (Å²) in [4.78, 5) is 15.5. The summed E-state index contributed by atoms with van der Waals surface area (Å²) in [6.07, 6.45) is 1.67. The van der Waals surface area contributed by atoms with Crippen LogP contribution in [0.1, 0.15) is 25.3 Å². The predicted molar refractivity (Wildman–Crippen MR) is 57.0 cm³/mol. The molecule has 4 heteroatoms. The van der Waals surface area contributed by atoms with Gasteiger partial charge in [0.05, 0.1) is 12.5 Å². The van der Waals surface area contributed by atoms with E-state index < -0.39 is 0 Å². The molecule has 0 N–H and O–H groups in total. The molecule has 0 aliphatic rings. The van der Waals surface area contributed by atoms with Crippen LogP contribution < -0.4 is 0 Å². The Balaban J connectivity index is 2.84. The van der Waals surface area contributed by atoms with E-state index in [4.69, 9.17) is 4.74 Å². The van der Waals surface area contributed by atoms with E-state index >= 15 is 0 Å². The minimum Gasteiger partial charge on any atom is -0.466 e. The number of carbonyl (C=O) groups excluding carboxylic acids is 1. The molecule has 0 saturated carbocycles. The van der Waals surface area contributed by atoms with Crippen LogP contribution in [0.5, 0.6) is 0 Å². The van der Waals surface area contributed by atoms with E-state index in [9.17, 15) is 4.79 Å². The van der Waals surface area contributed by atoms with Crippen molar-refractivity contribution in [2.45, 2.75) is 19.8 Å². The van der Waals surface area contributed by atoms with Crippen LogP contribution in [0.3, 0.4) is 0 Å². The monoisotopic (exact) mass is 257 g/mol. The number of aromatic nitrogens is 1. The van der Waals surface area contributed by atoms with Gasteiger partial charge in [-0.05, 0) is 41.4 Å². The average molecular weight is 258 g/mol. The lowest BCUT2D eigenvalue weighted by atomic mass is 10.0. The van der Waals surface area contributed by atoms with Crippen molar-refractivity contribution < 1.29 is 9.53 Å². The molecule has 0 amide bonds. The fraction of sp³-hybridized carbons (Fsp3) is 0.400. The van der Waals surface area contributed by atoms with Gasteiger partial charge >= 0.3 is 5.97 Å². The summed E-state index contributed by atoms with van der Waals surface area (Å²) in [5.74, 6) is -0.501. The number of nitrogens with zero attached hydrogens (tertiary/aromatic N) is 1. The van der Waals surface area contributed by atoms with E-state index in [1.165, 1.54) is 0 Å². The molecule has 1 unspecified atom stereocenters. The highest BCUT2D eigenvalue weighted by Gasteiger charge is 2.18. The van der Waals surface area contributed by atoms with Gasteiger partial charge in [-0.3, -0.25) is 4.79 Å². The third-order valence-electron chi connectivity index (χ3n) is 1.89. The maximum atomic E-state index is 11.4. The highest BCUT2D eigenvalue weighted by molar-refractivity contribution is 9.10. The molecule has 76 valence electrons. The van der Waals surface area contributed by atoms with E-state index in [-0.39, 0.29) is 11.9 Å². The van der Waals surface area contributed by atoms with Gasteiger partial charge in [0.2, 0.25) is 0 Å². The zero-order chi connectivity index (χ0) is 10.6. The van der Waals surface area contributed by atoms with Crippen molar-refractivity contribution >= 4 is 21.9 Å². The molecule has 0 bridgehead atoms. The fourth-order valence-corrected chi connectivity index (χ4v) is 1.71. The number of rotatable bonds is 3. The van der Waals surface area contributed by atoms with Crippen molar-refractivity contribution in [3.8, 4) is 0 Å². The van der Waals surface area contributed by atoms with Crippen LogP contribution in [0.4, 0.5) is 0 Å². The number of ether oxygens (including phenoxy) is 1. The van der Waals surface area contributed by atoms with Gasteiger partial charge in [0.1, 0.15) is 4.60 Å². The van der Waals surface area contributed by atoms with Crippen molar-refractivity contribution in [2.24, 2.45) is 0 Å². The van der Waals surface area contributed by atoms with E-state index in [0.29, 0.717) is 11.2 Å². The summed E-state index contributed by atoms with van der Waals surface area (Å²) in [6, 6.07) is 3.66. The Morgan fingerprint density at radius 2 is 2.43 bits per heavy atom. The number of carbonyl (C=O) groups is 1. The first-order chi connectivity index (χ1) is 6.66. The van der Waals surface area contributed by atoms with Crippen LogP contribution in [0.25, 0.3) is 0 Å². The molecule has 1 atom stereocenters. The number of halogens is 1. The van der Waals surface area contributed by atoms with Crippen molar-refractivity contribution in [1.29, 1.82) is 0 Å². The quantitative estimate of drug-likeness (QED) is 0.617. The molecule has 1 aromatic heterocycles. The third-order valence-corrected chi connectivity index (χ3v) is 2.56. The van der Waals surface area contributed by atoms with Gasteiger partial charge in [-0.25, -0.2) is 4.98 Å². The van der Waals surface area contributed by atoms with Crippen molar-refractivity contribution in [1.82, 2.24) is 4.98 Å². The smallest absolute Gasteiger partial charge is 0.313 e. The molecule has 3 nitrogen and oxygen atoms in total. The molecule has 1 heterocycles. The number of hydrogen-bond donors (Lipinski definition) is 0. The van der Waals surface area contributed by atoms with Crippen molar-refractivity contribution in [2.75, 3.05) is 6.61 Å². The van der Waals surface area contributed by atoms with Crippen LogP contribution in [0, 0.1) is 0 Å². The maximum absolute atomic E-state index is 11.4. The zero-order valence-electron chi connectivity index (χ0n) is 8.16. The predicted octanol–water partition coefficient (Wildman–Crippen LogP) is 2.51. The minimum atomic E-state index is -0.280. The Morgan fingerprint density at radius 1 is 1.71 bits per heavy atom. The molecular weight excluding hydrogens is 246 g/mol. The molecule has 0 aliphatic carbocycles. The average Bonchev–Trinajstić information content (AvgIpc) is 2.18. The first-order valence-electron chi connectivity index (χ1n) is 4.43. The van der Waals surface area contributed by atoms with Gasteiger partial charge in [0.15, 0.2) is 0 Å². The van der Waals surface area contributed by atoms with Gasteiger partial charge in [0, 0.05) is 6.20 Å². The highest BCUT2D eigenvalue weighted by Crippen LogP contribution is 2.23. The largest absolute Gasteiger partial charge is 0.466 e. The Kier molecular flexibility index (Phi) is 4.07. The van der Waals surface area contributed by atoms with Gasteiger partial charge < -0.3 is 4.74 Å². The van der Waals surface area contributed by atoms with E-state index in [2.05, 4.69) is 20.9 Å². The van der Waals surface area contributed by atoms with Crippen LogP contribution in [0.2, 0.25) is 0 Å². The van der Waals surface area contributed by atoms with Gasteiger partial charge in [-0.2, -0.15) is 0 Å². The Labute approximate surface area is 91.6 Å².